The summed E-state index contributed by atoms with van der Waals surface area (Å²) in [4.78, 5) is 15.0. The average Bonchev–Trinajstić information content (AvgIpc) is 3.21. The molecule has 1 saturated carbocycles. The second kappa shape index (κ2) is 7.31. The van der Waals surface area contributed by atoms with Crippen LogP contribution in [0.25, 0.3) is 0 Å². The van der Waals surface area contributed by atoms with Crippen LogP contribution in [0, 0.1) is 5.92 Å². The van der Waals surface area contributed by atoms with E-state index in [1.165, 1.54) is 0 Å². The third-order valence-corrected chi connectivity index (χ3v) is 6.43. The standard InChI is InChI=1S/C17H29N5O4/c23-17-10-7-13-14(25-6-5-24-13)8-12(10)19-16(26-17)11-1-2-15(21-20-11)22-4-3-18-9-22/h10-16,18-21H,1-9H2. The van der Waals surface area contributed by atoms with Gasteiger partial charge in [-0.15, -0.1) is 0 Å². The summed E-state index contributed by atoms with van der Waals surface area (Å²) in [5, 5.41) is 6.92. The van der Waals surface area contributed by atoms with Gasteiger partial charge in [0.15, 0.2) is 6.23 Å². The summed E-state index contributed by atoms with van der Waals surface area (Å²) in [5.41, 5.74) is 6.77. The zero-order valence-corrected chi connectivity index (χ0v) is 15.0. The predicted molar refractivity (Wildman–Crippen MR) is 91.7 cm³/mol. The summed E-state index contributed by atoms with van der Waals surface area (Å²) in [6.07, 6.45) is 3.64. The van der Waals surface area contributed by atoms with Gasteiger partial charge in [-0.3, -0.25) is 15.0 Å². The van der Waals surface area contributed by atoms with E-state index in [-0.39, 0.29) is 42.4 Å². The first-order valence-electron chi connectivity index (χ1n) is 9.93. The van der Waals surface area contributed by atoms with Gasteiger partial charge in [0.2, 0.25) is 0 Å². The number of hydrogen-bond acceptors (Lipinski definition) is 9. The number of nitrogens with one attached hydrogen (secondary N) is 4. The lowest BCUT2D eigenvalue weighted by Gasteiger charge is -2.48. The molecule has 4 saturated heterocycles. The summed E-state index contributed by atoms with van der Waals surface area (Å²) in [6.45, 7) is 4.30. The number of carbonyl (C=O) groups is 1. The molecule has 0 bridgehead atoms. The van der Waals surface area contributed by atoms with Crippen LogP contribution in [-0.2, 0) is 19.0 Å². The highest BCUT2D eigenvalue weighted by Crippen LogP contribution is 2.35. The third kappa shape index (κ3) is 3.26. The number of rotatable bonds is 2. The Labute approximate surface area is 153 Å². The Morgan fingerprint density at radius 3 is 2.58 bits per heavy atom. The maximum Gasteiger partial charge on any atom is 0.312 e. The first-order valence-corrected chi connectivity index (χ1v) is 9.93. The monoisotopic (exact) mass is 367 g/mol. The molecule has 9 heteroatoms. The zero-order valence-electron chi connectivity index (χ0n) is 15.0. The minimum atomic E-state index is -0.296. The summed E-state index contributed by atoms with van der Waals surface area (Å²) in [5.74, 6) is -0.229. The summed E-state index contributed by atoms with van der Waals surface area (Å²) < 4.78 is 17.4. The summed E-state index contributed by atoms with van der Waals surface area (Å²) in [7, 11) is 0. The van der Waals surface area contributed by atoms with Crippen molar-refractivity contribution in [3.63, 3.8) is 0 Å². The lowest BCUT2D eigenvalue weighted by atomic mass is 9.79. The lowest BCUT2D eigenvalue weighted by molar-refractivity contribution is -0.197. The molecule has 26 heavy (non-hydrogen) atoms. The molecule has 0 radical (unpaired) electrons. The van der Waals surface area contributed by atoms with Crippen molar-refractivity contribution in [3.05, 3.63) is 0 Å². The van der Waals surface area contributed by atoms with Gasteiger partial charge in [-0.05, 0) is 25.7 Å². The van der Waals surface area contributed by atoms with Crippen LogP contribution in [0.15, 0.2) is 0 Å². The van der Waals surface area contributed by atoms with E-state index in [1.54, 1.807) is 0 Å². The van der Waals surface area contributed by atoms with Crippen LogP contribution in [0.4, 0.5) is 0 Å². The molecule has 7 atom stereocenters. The van der Waals surface area contributed by atoms with Gasteiger partial charge in [0.25, 0.3) is 0 Å². The van der Waals surface area contributed by atoms with Crippen molar-refractivity contribution in [1.29, 1.82) is 0 Å². The molecule has 5 aliphatic rings. The number of fused-ring (bicyclic) bond motifs is 2. The first-order chi connectivity index (χ1) is 12.8. The van der Waals surface area contributed by atoms with Crippen LogP contribution in [0.1, 0.15) is 25.7 Å². The Balaban J connectivity index is 1.19. The molecule has 4 aliphatic heterocycles. The Kier molecular flexibility index (Phi) is 4.86. The highest BCUT2D eigenvalue weighted by atomic mass is 16.6. The van der Waals surface area contributed by atoms with Crippen molar-refractivity contribution < 1.29 is 19.0 Å². The quantitative estimate of drug-likeness (QED) is 0.433. The van der Waals surface area contributed by atoms with Crippen molar-refractivity contribution in [2.24, 2.45) is 5.92 Å². The van der Waals surface area contributed by atoms with Crippen LogP contribution in [0.5, 0.6) is 0 Å². The van der Waals surface area contributed by atoms with Gasteiger partial charge in [-0.25, -0.2) is 10.9 Å². The molecule has 7 unspecified atom stereocenters. The largest absolute Gasteiger partial charge is 0.445 e. The first kappa shape index (κ1) is 17.3. The van der Waals surface area contributed by atoms with Gasteiger partial charge >= 0.3 is 5.97 Å². The van der Waals surface area contributed by atoms with Crippen LogP contribution < -0.4 is 21.5 Å². The van der Waals surface area contributed by atoms with Crippen molar-refractivity contribution >= 4 is 5.97 Å². The fraction of sp³-hybridized carbons (Fsp3) is 0.941. The number of ether oxygens (including phenoxy) is 3. The van der Waals surface area contributed by atoms with Crippen LogP contribution >= 0.6 is 0 Å². The van der Waals surface area contributed by atoms with Gasteiger partial charge in [-0.1, -0.05) is 0 Å². The van der Waals surface area contributed by atoms with Gasteiger partial charge < -0.3 is 19.5 Å². The van der Waals surface area contributed by atoms with E-state index in [0.29, 0.717) is 25.8 Å². The predicted octanol–water partition coefficient (Wildman–Crippen LogP) is -1.53. The highest BCUT2D eigenvalue weighted by molar-refractivity contribution is 5.74. The summed E-state index contributed by atoms with van der Waals surface area (Å²) in [6, 6.07) is 0.180. The van der Waals surface area contributed by atoms with E-state index in [4.69, 9.17) is 14.2 Å². The van der Waals surface area contributed by atoms with E-state index in [9.17, 15) is 4.79 Å². The molecule has 1 aliphatic carbocycles. The normalized spacial score (nSPS) is 47.1. The second-order valence-corrected chi connectivity index (χ2v) is 7.99. The van der Waals surface area contributed by atoms with Gasteiger partial charge in [0.05, 0.1) is 43.5 Å². The van der Waals surface area contributed by atoms with Crippen molar-refractivity contribution in [1.82, 2.24) is 26.4 Å². The van der Waals surface area contributed by atoms with Gasteiger partial charge in [0, 0.05) is 25.8 Å². The molecule has 0 aromatic carbocycles. The summed E-state index contributed by atoms with van der Waals surface area (Å²) >= 11 is 0. The molecule has 0 aromatic rings. The van der Waals surface area contributed by atoms with Crippen molar-refractivity contribution in [3.8, 4) is 0 Å². The average molecular weight is 367 g/mol. The van der Waals surface area contributed by atoms with Gasteiger partial charge in [0.1, 0.15) is 0 Å². The minimum Gasteiger partial charge on any atom is -0.445 e. The maximum absolute atomic E-state index is 12.6. The zero-order chi connectivity index (χ0) is 17.5. The molecule has 9 nitrogen and oxygen atoms in total. The topological polar surface area (TPSA) is 96.1 Å². The maximum atomic E-state index is 12.6. The van der Waals surface area contributed by atoms with Crippen molar-refractivity contribution in [2.75, 3.05) is 33.0 Å². The smallest absolute Gasteiger partial charge is 0.312 e. The fourth-order valence-electron chi connectivity index (χ4n) is 4.96. The Morgan fingerprint density at radius 1 is 1.00 bits per heavy atom. The van der Waals surface area contributed by atoms with Crippen LogP contribution in [-0.4, -0.2) is 80.5 Å². The molecule has 0 amide bonds. The number of hydrogen-bond donors (Lipinski definition) is 4. The number of cyclic esters (lactones) is 1. The third-order valence-electron chi connectivity index (χ3n) is 6.43. The fourth-order valence-corrected chi connectivity index (χ4v) is 4.96. The SMILES string of the molecule is O=C1OC(C2CCC(N3CCNC3)NN2)NC2CC3OCCOC3CC12. The van der Waals surface area contributed by atoms with E-state index in [0.717, 1.165) is 39.0 Å². The Bertz CT molecular complexity index is 523. The van der Waals surface area contributed by atoms with E-state index < -0.39 is 0 Å². The molecule has 4 heterocycles. The highest BCUT2D eigenvalue weighted by Gasteiger charge is 2.49. The van der Waals surface area contributed by atoms with E-state index in [1.807, 2.05) is 0 Å². The molecule has 146 valence electrons. The minimum absolute atomic E-state index is 0.0280. The lowest BCUT2D eigenvalue weighted by Crippen LogP contribution is -2.68. The molecule has 4 N–H and O–H groups in total. The molecule has 0 aromatic heterocycles. The number of esters is 1. The van der Waals surface area contributed by atoms with Crippen LogP contribution in [0.3, 0.4) is 0 Å². The molecular weight excluding hydrogens is 338 g/mol. The van der Waals surface area contributed by atoms with Crippen LogP contribution in [0.2, 0.25) is 0 Å². The van der Waals surface area contributed by atoms with E-state index in [2.05, 4.69) is 26.4 Å². The Hall–Kier alpha value is -0.810. The molecule has 0 spiro atoms. The Morgan fingerprint density at radius 2 is 1.85 bits per heavy atom. The molecular formula is C17H29N5O4. The molecule has 5 rings (SSSR count). The van der Waals surface area contributed by atoms with E-state index >= 15 is 0 Å². The molecule has 5 fully saturated rings. The van der Waals surface area contributed by atoms with Crippen molar-refractivity contribution in [2.45, 2.75) is 62.4 Å². The number of nitrogens with zero attached hydrogens (tertiary/aromatic N) is 1. The number of hydrazine groups is 1. The second-order valence-electron chi connectivity index (χ2n) is 7.99. The number of carbonyl (C=O) groups excluding carboxylic acids is 1. The van der Waals surface area contributed by atoms with Gasteiger partial charge in [-0.2, -0.15) is 0 Å².